The topological polar surface area (TPSA) is 334 Å². The normalized spacial score (nSPS) is 24.7. The summed E-state index contributed by atoms with van der Waals surface area (Å²) in [6.45, 7) is 2.03. The van der Waals surface area contributed by atoms with Crippen molar-refractivity contribution in [2.75, 3.05) is 5.32 Å². The minimum Gasteiger partial charge on any atom is -0.381 e. The highest BCUT2D eigenvalue weighted by Crippen LogP contribution is 2.42. The number of carbonyl (C=O) groups excluding carboxylic acids is 3. The van der Waals surface area contributed by atoms with Crippen molar-refractivity contribution in [1.82, 2.24) is 15.1 Å². The number of carbonyl (C=O) groups is 3. The fourth-order valence-electron chi connectivity index (χ4n) is 5.23. The fraction of sp³-hybridized carbons (Fsp3) is 0.444. The molecule has 3 amide bonds. The highest BCUT2D eigenvalue weighted by Gasteiger charge is 2.74. The lowest BCUT2D eigenvalue weighted by Crippen LogP contribution is -2.83. The quantitative estimate of drug-likeness (QED) is 0.0992. The van der Waals surface area contributed by atoms with Crippen molar-refractivity contribution >= 4 is 23.4 Å². The number of aliphatic hydroxyl groups is 12. The Morgan fingerprint density at radius 2 is 1.48 bits per heavy atom. The second-order valence-electron chi connectivity index (χ2n) is 10.8. The van der Waals surface area contributed by atoms with Gasteiger partial charge in [0, 0.05) is 42.0 Å². The highest BCUT2D eigenvalue weighted by atomic mass is 19.1. The van der Waals surface area contributed by atoms with Gasteiger partial charge in [0.25, 0.3) is 23.5 Å². The van der Waals surface area contributed by atoms with Gasteiger partial charge in [0.2, 0.25) is 0 Å². The van der Waals surface area contributed by atoms with Crippen LogP contribution < -0.4 is 10.6 Å². The standard InChI is InChI=1S/C25H27FN4O16.C2H6/c26-14-6-10(8-30-22(38,39)24(42,43)46-25(44,45)23(30,40)41)4-5-11(14)7-27-15-3-1-2-12-13(15)9-29(18(12)32)16-17(31)28-19(33)21(36,37)20(16,34)35;1-2/h1-6,16,27,34-45H,7-9H2,(H,28,31,33);1-2H3. The number of benzene rings is 2. The lowest BCUT2D eigenvalue weighted by atomic mass is 9.90. The van der Waals surface area contributed by atoms with Crippen molar-refractivity contribution in [3.63, 3.8) is 0 Å². The lowest BCUT2D eigenvalue weighted by molar-refractivity contribution is -0.659. The molecule has 0 radical (unpaired) electrons. The Hall–Kier alpha value is -3.78. The number of imide groups is 1. The third kappa shape index (κ3) is 5.60. The van der Waals surface area contributed by atoms with Gasteiger partial charge in [0.15, 0.2) is 6.04 Å². The van der Waals surface area contributed by atoms with Crippen LogP contribution in [-0.2, 0) is 34.0 Å². The molecule has 20 nitrogen and oxygen atoms in total. The highest BCUT2D eigenvalue weighted by molar-refractivity contribution is 6.08. The van der Waals surface area contributed by atoms with E-state index in [9.17, 15) is 75.7 Å². The number of halogens is 1. The average molecular weight is 689 g/mol. The van der Waals surface area contributed by atoms with Crippen LogP contribution in [0.4, 0.5) is 10.1 Å². The van der Waals surface area contributed by atoms with Crippen molar-refractivity contribution in [2.45, 2.75) is 74.9 Å². The first-order valence-electron chi connectivity index (χ1n) is 13.9. The molecule has 2 aromatic rings. The maximum absolute atomic E-state index is 15.1. The average Bonchev–Trinajstić information content (AvgIpc) is 3.30. The number of piperidine rings is 1. The van der Waals surface area contributed by atoms with Crippen LogP contribution in [0, 0.1) is 5.82 Å². The maximum Gasteiger partial charge on any atom is 0.356 e. The zero-order chi connectivity index (χ0) is 36.4. The van der Waals surface area contributed by atoms with Crippen LogP contribution in [0.1, 0.15) is 40.9 Å². The van der Waals surface area contributed by atoms with Crippen LogP contribution in [0.15, 0.2) is 36.4 Å². The van der Waals surface area contributed by atoms with E-state index in [1.807, 2.05) is 13.8 Å². The van der Waals surface area contributed by atoms with Gasteiger partial charge in [-0.2, -0.15) is 4.90 Å². The number of rotatable bonds is 6. The van der Waals surface area contributed by atoms with Crippen molar-refractivity contribution in [3.05, 3.63) is 64.5 Å². The Morgan fingerprint density at radius 3 is 2.04 bits per heavy atom. The molecule has 3 heterocycles. The second-order valence-corrected chi connectivity index (χ2v) is 10.8. The third-order valence-corrected chi connectivity index (χ3v) is 7.84. The molecule has 0 saturated carbocycles. The minimum absolute atomic E-state index is 0.0611. The van der Waals surface area contributed by atoms with Gasteiger partial charge in [-0.15, -0.1) is 0 Å². The van der Waals surface area contributed by atoms with E-state index in [4.69, 9.17) is 0 Å². The van der Waals surface area contributed by atoms with E-state index in [1.165, 1.54) is 18.2 Å². The van der Waals surface area contributed by atoms with Crippen LogP contribution in [0.2, 0.25) is 0 Å². The molecular weight excluding hydrogens is 655 g/mol. The molecule has 2 saturated heterocycles. The number of anilines is 1. The molecule has 0 bridgehead atoms. The van der Waals surface area contributed by atoms with Gasteiger partial charge in [-0.25, -0.2) is 4.39 Å². The van der Waals surface area contributed by atoms with Gasteiger partial charge in [-0.3, -0.25) is 24.4 Å². The molecule has 14 N–H and O–H groups in total. The SMILES string of the molecule is CC.O=C1NC(=O)C(O)(O)C(O)(O)C1N1Cc2c(NCc3ccc(CN4C(O)(O)C(O)(O)OC(O)(O)C4(O)O)cc3F)cccc2C1=O. The summed E-state index contributed by atoms with van der Waals surface area (Å²) in [5.74, 6) is -29.4. The minimum atomic E-state index is -4.19. The van der Waals surface area contributed by atoms with Crippen LogP contribution in [0.3, 0.4) is 0 Å². The second kappa shape index (κ2) is 12.0. The molecule has 1 unspecified atom stereocenters. The van der Waals surface area contributed by atoms with E-state index in [2.05, 4.69) is 10.1 Å². The molecule has 5 rings (SSSR count). The van der Waals surface area contributed by atoms with Crippen LogP contribution >= 0.6 is 0 Å². The van der Waals surface area contributed by atoms with E-state index in [0.717, 1.165) is 18.2 Å². The molecule has 48 heavy (non-hydrogen) atoms. The Kier molecular flexibility index (Phi) is 9.24. The zero-order valence-electron chi connectivity index (χ0n) is 24.9. The monoisotopic (exact) mass is 688 g/mol. The van der Waals surface area contributed by atoms with Crippen molar-refractivity contribution in [1.29, 1.82) is 0 Å². The van der Waals surface area contributed by atoms with Gasteiger partial charge in [0.1, 0.15) is 5.82 Å². The molecule has 264 valence electrons. The number of fused-ring (bicyclic) bond motifs is 1. The predicted molar refractivity (Wildman–Crippen MR) is 148 cm³/mol. The molecule has 1 atom stereocenters. The largest absolute Gasteiger partial charge is 0.381 e. The molecule has 21 heteroatoms. The molecule has 0 aromatic heterocycles. The zero-order valence-corrected chi connectivity index (χ0v) is 24.9. The van der Waals surface area contributed by atoms with Gasteiger partial charge < -0.3 is 71.5 Å². The maximum atomic E-state index is 15.1. The lowest BCUT2D eigenvalue weighted by Gasteiger charge is -2.55. The Morgan fingerprint density at radius 1 is 0.896 bits per heavy atom. The Bertz CT molecular complexity index is 1600. The van der Waals surface area contributed by atoms with Crippen LogP contribution in [-0.4, -0.2) is 130 Å². The first-order valence-corrected chi connectivity index (χ1v) is 13.9. The van der Waals surface area contributed by atoms with Crippen molar-refractivity contribution < 1.29 is 84.8 Å². The van der Waals surface area contributed by atoms with Crippen molar-refractivity contribution in [3.8, 4) is 0 Å². The first-order chi connectivity index (χ1) is 22.0. The number of hydrogen-bond acceptors (Lipinski definition) is 18. The molecule has 3 aliphatic rings. The van der Waals surface area contributed by atoms with E-state index < -0.39 is 82.9 Å². The smallest absolute Gasteiger partial charge is 0.356 e. The number of amides is 3. The van der Waals surface area contributed by atoms with Gasteiger partial charge in [-0.1, -0.05) is 32.0 Å². The number of nitrogens with one attached hydrogen (secondary N) is 2. The molecule has 2 fully saturated rings. The van der Waals surface area contributed by atoms with Crippen LogP contribution in [0.25, 0.3) is 0 Å². The number of ether oxygens (including phenoxy) is 1. The molecule has 3 aliphatic heterocycles. The van der Waals surface area contributed by atoms with Gasteiger partial charge in [-0.05, 0) is 23.8 Å². The van der Waals surface area contributed by atoms with E-state index >= 15 is 4.39 Å². The third-order valence-electron chi connectivity index (χ3n) is 7.84. The van der Waals surface area contributed by atoms with Gasteiger partial charge >= 0.3 is 29.6 Å². The Balaban J connectivity index is 0.00000255. The number of morpholine rings is 1. The van der Waals surface area contributed by atoms with Crippen molar-refractivity contribution in [2.24, 2.45) is 0 Å². The summed E-state index contributed by atoms with van der Waals surface area (Å²) in [5.41, 5.74) is -0.0923. The molecule has 2 aromatic carbocycles. The molecule has 0 spiro atoms. The summed E-state index contributed by atoms with van der Waals surface area (Å²) in [5, 5.41) is 124. The predicted octanol–water partition coefficient (Wildman–Crippen LogP) is -5.81. The van der Waals surface area contributed by atoms with Crippen LogP contribution in [0.5, 0.6) is 0 Å². The Labute approximate surface area is 268 Å². The first kappa shape index (κ1) is 37.0. The molecule has 0 aliphatic carbocycles. The summed E-state index contributed by atoms with van der Waals surface area (Å²) in [7, 11) is 0. The van der Waals surface area contributed by atoms with Gasteiger partial charge in [0.05, 0.1) is 0 Å². The van der Waals surface area contributed by atoms with E-state index in [-0.39, 0.29) is 34.5 Å². The number of nitrogens with zero attached hydrogens (tertiary/aromatic N) is 2. The van der Waals surface area contributed by atoms with E-state index in [0.29, 0.717) is 4.90 Å². The summed E-state index contributed by atoms with van der Waals surface area (Å²) in [6.07, 6.45) is 0. The number of hydrogen-bond donors (Lipinski definition) is 14. The summed E-state index contributed by atoms with van der Waals surface area (Å²) in [6, 6.07) is 4.76. The summed E-state index contributed by atoms with van der Waals surface area (Å²) >= 11 is 0. The summed E-state index contributed by atoms with van der Waals surface area (Å²) in [4.78, 5) is 37.5. The summed E-state index contributed by atoms with van der Waals surface area (Å²) < 4.78 is 18.9. The van der Waals surface area contributed by atoms with E-state index in [1.54, 1.807) is 5.32 Å². The fourth-order valence-corrected chi connectivity index (χ4v) is 5.23. The molecular formula is C27H33FN4O16.